The highest BCUT2D eigenvalue weighted by atomic mass is 16.2. The molecule has 0 aliphatic carbocycles. The first kappa shape index (κ1) is 15.5. The van der Waals surface area contributed by atoms with Crippen LogP contribution in [-0.4, -0.2) is 36.5 Å². The monoisotopic (exact) mass is 254 g/mol. The van der Waals surface area contributed by atoms with E-state index in [0.29, 0.717) is 23.8 Å². The summed E-state index contributed by atoms with van der Waals surface area (Å²) in [4.78, 5) is 14.7. The van der Waals surface area contributed by atoms with E-state index < -0.39 is 0 Å². The zero-order valence-electron chi connectivity index (χ0n) is 12.7. The van der Waals surface area contributed by atoms with Gasteiger partial charge in [-0.05, 0) is 38.1 Å². The number of hydrogen-bond acceptors (Lipinski definition) is 2. The zero-order valence-corrected chi connectivity index (χ0v) is 12.7. The van der Waals surface area contributed by atoms with Gasteiger partial charge in [0.2, 0.25) is 5.91 Å². The molecule has 2 unspecified atom stereocenters. The molecule has 0 radical (unpaired) electrons. The van der Waals surface area contributed by atoms with Crippen LogP contribution in [0.1, 0.15) is 47.5 Å². The molecule has 1 saturated heterocycles. The molecule has 1 fully saturated rings. The summed E-state index contributed by atoms with van der Waals surface area (Å²) < 4.78 is 0. The van der Waals surface area contributed by atoms with Crippen molar-refractivity contribution >= 4 is 5.91 Å². The van der Waals surface area contributed by atoms with E-state index in [1.54, 1.807) is 0 Å². The van der Waals surface area contributed by atoms with Crippen molar-refractivity contribution in [3.8, 4) is 0 Å². The van der Waals surface area contributed by atoms with Crippen LogP contribution in [0.2, 0.25) is 0 Å². The summed E-state index contributed by atoms with van der Waals surface area (Å²) in [6.45, 7) is 13.7. The van der Waals surface area contributed by atoms with Crippen molar-refractivity contribution in [2.24, 2.45) is 17.8 Å². The van der Waals surface area contributed by atoms with Gasteiger partial charge in [-0.1, -0.05) is 27.7 Å². The topological polar surface area (TPSA) is 32.3 Å². The van der Waals surface area contributed by atoms with Gasteiger partial charge in [-0.15, -0.1) is 0 Å². The molecule has 0 aromatic carbocycles. The molecule has 0 saturated carbocycles. The Hall–Kier alpha value is -0.570. The maximum atomic E-state index is 12.6. The van der Waals surface area contributed by atoms with Crippen LogP contribution in [0.15, 0.2) is 0 Å². The highest BCUT2D eigenvalue weighted by Crippen LogP contribution is 2.20. The van der Waals surface area contributed by atoms with Crippen LogP contribution < -0.4 is 5.32 Å². The number of rotatable bonds is 5. The quantitative estimate of drug-likeness (QED) is 0.817. The first-order valence-corrected chi connectivity index (χ1v) is 7.42. The van der Waals surface area contributed by atoms with E-state index >= 15 is 0 Å². The molecule has 18 heavy (non-hydrogen) atoms. The van der Waals surface area contributed by atoms with Gasteiger partial charge < -0.3 is 10.2 Å². The Balaban J connectivity index is 2.62. The largest absolute Gasteiger partial charge is 0.342 e. The van der Waals surface area contributed by atoms with Crippen molar-refractivity contribution in [1.29, 1.82) is 0 Å². The maximum absolute atomic E-state index is 12.6. The van der Waals surface area contributed by atoms with Gasteiger partial charge in [-0.25, -0.2) is 0 Å². The van der Waals surface area contributed by atoms with Crippen LogP contribution in [0.5, 0.6) is 0 Å². The predicted octanol–water partition coefficient (Wildman–Crippen LogP) is 2.52. The fraction of sp³-hybridized carbons (Fsp3) is 0.933. The lowest BCUT2D eigenvalue weighted by molar-refractivity contribution is -0.137. The predicted molar refractivity (Wildman–Crippen MR) is 76.4 cm³/mol. The highest BCUT2D eigenvalue weighted by molar-refractivity contribution is 5.79. The minimum atomic E-state index is 0.235. The van der Waals surface area contributed by atoms with Gasteiger partial charge >= 0.3 is 0 Å². The third-order valence-electron chi connectivity index (χ3n) is 3.46. The minimum absolute atomic E-state index is 0.235. The minimum Gasteiger partial charge on any atom is -0.342 e. The second-order valence-corrected chi connectivity index (χ2v) is 6.61. The Kier molecular flexibility index (Phi) is 6.13. The maximum Gasteiger partial charge on any atom is 0.225 e. The zero-order chi connectivity index (χ0) is 13.7. The van der Waals surface area contributed by atoms with Crippen molar-refractivity contribution in [2.75, 3.05) is 19.6 Å². The normalized spacial score (nSPS) is 24.6. The van der Waals surface area contributed by atoms with Crippen molar-refractivity contribution in [2.45, 2.75) is 53.5 Å². The van der Waals surface area contributed by atoms with Gasteiger partial charge in [0.05, 0.1) is 0 Å². The van der Waals surface area contributed by atoms with Gasteiger partial charge in [0, 0.05) is 25.0 Å². The Morgan fingerprint density at radius 3 is 2.22 bits per heavy atom. The first-order valence-electron chi connectivity index (χ1n) is 7.42. The number of nitrogens with zero attached hydrogens (tertiary/aromatic N) is 1. The number of piperidine rings is 1. The van der Waals surface area contributed by atoms with Crippen LogP contribution in [0.3, 0.4) is 0 Å². The first-order chi connectivity index (χ1) is 8.40. The van der Waals surface area contributed by atoms with Gasteiger partial charge in [0.1, 0.15) is 0 Å². The molecule has 0 aromatic heterocycles. The van der Waals surface area contributed by atoms with Crippen molar-refractivity contribution in [1.82, 2.24) is 10.2 Å². The van der Waals surface area contributed by atoms with E-state index in [9.17, 15) is 4.79 Å². The highest BCUT2D eigenvalue weighted by Gasteiger charge is 2.28. The molecule has 1 N–H and O–H groups in total. The molecule has 106 valence electrons. The molecular weight excluding hydrogens is 224 g/mol. The Morgan fingerprint density at radius 2 is 1.78 bits per heavy atom. The lowest BCUT2D eigenvalue weighted by Crippen LogP contribution is -2.46. The number of carbonyl (C=O) groups excluding carboxylic acids is 1. The average Bonchev–Trinajstić information content (AvgIpc) is 2.26. The van der Waals surface area contributed by atoms with Crippen molar-refractivity contribution in [3.63, 3.8) is 0 Å². The number of amides is 1. The number of hydrogen-bond donors (Lipinski definition) is 1. The lowest BCUT2D eigenvalue weighted by Gasteiger charge is -2.34. The molecule has 1 heterocycles. The van der Waals surface area contributed by atoms with Gasteiger partial charge in [-0.2, -0.15) is 0 Å². The fourth-order valence-electron chi connectivity index (χ4n) is 2.75. The molecule has 0 bridgehead atoms. The lowest BCUT2D eigenvalue weighted by atomic mass is 9.91. The van der Waals surface area contributed by atoms with E-state index in [0.717, 1.165) is 32.5 Å². The smallest absolute Gasteiger partial charge is 0.225 e. The molecule has 1 rings (SSSR count). The third kappa shape index (κ3) is 4.97. The van der Waals surface area contributed by atoms with Gasteiger partial charge in [-0.3, -0.25) is 4.79 Å². The molecule has 1 aliphatic rings. The van der Waals surface area contributed by atoms with E-state index in [4.69, 9.17) is 0 Å². The van der Waals surface area contributed by atoms with E-state index in [1.165, 1.54) is 0 Å². The molecule has 0 aromatic rings. The summed E-state index contributed by atoms with van der Waals surface area (Å²) in [6.07, 6.45) is 1.99. The molecular formula is C15H30N2O. The molecule has 1 amide bonds. The Labute approximate surface area is 112 Å². The number of nitrogens with one attached hydrogen (secondary N) is 1. The SMILES string of the molecule is CC(C)CN(CC(C)C)C(=O)C1CCNC(C)C1. The summed E-state index contributed by atoms with van der Waals surface area (Å²) in [5.41, 5.74) is 0. The average molecular weight is 254 g/mol. The summed E-state index contributed by atoms with van der Waals surface area (Å²) in [5.74, 6) is 1.71. The van der Waals surface area contributed by atoms with Crippen LogP contribution in [0, 0.1) is 17.8 Å². The van der Waals surface area contributed by atoms with Crippen molar-refractivity contribution in [3.05, 3.63) is 0 Å². The Morgan fingerprint density at radius 1 is 1.22 bits per heavy atom. The van der Waals surface area contributed by atoms with Crippen LogP contribution in [0.25, 0.3) is 0 Å². The molecule has 1 aliphatic heterocycles. The second kappa shape index (κ2) is 7.13. The fourth-order valence-corrected chi connectivity index (χ4v) is 2.75. The van der Waals surface area contributed by atoms with Crippen LogP contribution >= 0.6 is 0 Å². The summed E-state index contributed by atoms with van der Waals surface area (Å²) in [5, 5.41) is 3.42. The molecule has 2 atom stereocenters. The van der Waals surface area contributed by atoms with Crippen molar-refractivity contribution < 1.29 is 4.79 Å². The van der Waals surface area contributed by atoms with E-state index in [2.05, 4.69) is 44.8 Å². The second-order valence-electron chi connectivity index (χ2n) is 6.61. The van der Waals surface area contributed by atoms with E-state index in [-0.39, 0.29) is 5.92 Å². The van der Waals surface area contributed by atoms with E-state index in [1.807, 2.05) is 0 Å². The molecule has 3 heteroatoms. The molecule has 0 spiro atoms. The van der Waals surface area contributed by atoms with Gasteiger partial charge in [0.15, 0.2) is 0 Å². The van der Waals surface area contributed by atoms with Crippen LogP contribution in [0.4, 0.5) is 0 Å². The standard InChI is InChI=1S/C15H30N2O/c1-11(2)9-17(10-12(3)4)15(18)14-6-7-16-13(5)8-14/h11-14,16H,6-10H2,1-5H3. The number of carbonyl (C=O) groups is 1. The summed E-state index contributed by atoms with van der Waals surface area (Å²) >= 11 is 0. The summed E-state index contributed by atoms with van der Waals surface area (Å²) in [6, 6.07) is 0.479. The Bertz CT molecular complexity index is 253. The van der Waals surface area contributed by atoms with Gasteiger partial charge in [0.25, 0.3) is 0 Å². The third-order valence-corrected chi connectivity index (χ3v) is 3.46. The van der Waals surface area contributed by atoms with Crippen LogP contribution in [-0.2, 0) is 4.79 Å². The molecule has 3 nitrogen and oxygen atoms in total. The summed E-state index contributed by atoms with van der Waals surface area (Å²) in [7, 11) is 0.